The molecule has 0 amide bonds. The summed E-state index contributed by atoms with van der Waals surface area (Å²) in [5.41, 5.74) is -2.99. The fourth-order valence-corrected chi connectivity index (χ4v) is 5.71. The van der Waals surface area contributed by atoms with Crippen molar-refractivity contribution in [1.29, 1.82) is 0 Å². The molecule has 0 radical (unpaired) electrons. The van der Waals surface area contributed by atoms with Gasteiger partial charge in [0.2, 0.25) is 10.0 Å². The number of hydrogen-bond donors (Lipinski definition) is 1. The van der Waals surface area contributed by atoms with Crippen molar-refractivity contribution in [2.75, 3.05) is 6.54 Å². The summed E-state index contributed by atoms with van der Waals surface area (Å²) in [4.78, 5) is 3.42. The van der Waals surface area contributed by atoms with Crippen LogP contribution in [0.3, 0.4) is 0 Å². The van der Waals surface area contributed by atoms with E-state index >= 15 is 13.2 Å². The normalized spacial score (nSPS) is 15.5. The van der Waals surface area contributed by atoms with Crippen LogP contribution in [0.2, 0.25) is 0 Å². The molecule has 2 aromatic heterocycles. The lowest BCUT2D eigenvalue weighted by Gasteiger charge is -2.20. The van der Waals surface area contributed by atoms with Crippen LogP contribution in [0.25, 0.3) is 22.0 Å². The lowest BCUT2D eigenvalue weighted by molar-refractivity contribution is -0.140. The number of hydrogen-bond acceptors (Lipinski definition) is 3. The monoisotopic (exact) mass is 547 g/mol. The third kappa shape index (κ3) is 5.64. The van der Waals surface area contributed by atoms with E-state index in [0.29, 0.717) is 12.8 Å². The second-order valence-electron chi connectivity index (χ2n) is 10.7. The number of rotatable bonds is 7. The highest BCUT2D eigenvalue weighted by Crippen LogP contribution is 2.42. The minimum Gasteiger partial charge on any atom is -0.346 e. The highest BCUT2D eigenvalue weighted by atomic mass is 32.2. The van der Waals surface area contributed by atoms with E-state index in [0.717, 1.165) is 24.5 Å². The van der Waals surface area contributed by atoms with Gasteiger partial charge in [-0.25, -0.2) is 17.5 Å². The molecule has 4 rings (SSSR count). The first-order valence-electron chi connectivity index (χ1n) is 11.6. The van der Waals surface area contributed by atoms with E-state index < -0.39 is 67.5 Å². The van der Waals surface area contributed by atoms with Gasteiger partial charge < -0.3 is 4.57 Å². The standard InChI is InChI=1S/C25H27F6N3O2S/c1-14-7-8-32-22(25(29,30)31)21(14)17-10-20-16(9-19(17)26)18(11-34(20)13-23(2,3)4)24(27,28)12-33-37(35,36)15-5-6-15/h7-11,15,33H,5-6,12-13H2,1-4H3. The first-order valence-corrected chi connectivity index (χ1v) is 13.2. The summed E-state index contributed by atoms with van der Waals surface area (Å²) in [7, 11) is -3.90. The van der Waals surface area contributed by atoms with Gasteiger partial charge in [0.15, 0.2) is 5.69 Å². The summed E-state index contributed by atoms with van der Waals surface area (Å²) in [6, 6.07) is 3.23. The van der Waals surface area contributed by atoms with E-state index in [2.05, 4.69) is 4.98 Å². The van der Waals surface area contributed by atoms with Gasteiger partial charge in [0.05, 0.1) is 11.8 Å². The first-order chi connectivity index (χ1) is 16.9. The van der Waals surface area contributed by atoms with Crippen molar-refractivity contribution >= 4 is 20.9 Å². The quantitative estimate of drug-likeness (QED) is 0.349. The van der Waals surface area contributed by atoms with Gasteiger partial charge in [-0.05, 0) is 48.9 Å². The van der Waals surface area contributed by atoms with Crippen molar-refractivity contribution in [3.63, 3.8) is 0 Å². The van der Waals surface area contributed by atoms with Gasteiger partial charge in [0.25, 0.3) is 5.92 Å². The number of aryl methyl sites for hydroxylation is 1. The van der Waals surface area contributed by atoms with E-state index in [1.807, 2.05) is 25.5 Å². The molecule has 1 aliphatic carbocycles. The average Bonchev–Trinajstić information content (AvgIpc) is 3.55. The predicted molar refractivity (Wildman–Crippen MR) is 128 cm³/mol. The number of benzene rings is 1. The van der Waals surface area contributed by atoms with Crippen LogP contribution < -0.4 is 4.72 Å². The van der Waals surface area contributed by atoms with Gasteiger partial charge in [-0.15, -0.1) is 0 Å². The molecule has 1 aromatic carbocycles. The number of aromatic nitrogens is 2. The van der Waals surface area contributed by atoms with Gasteiger partial charge >= 0.3 is 6.18 Å². The van der Waals surface area contributed by atoms with Crippen LogP contribution in [-0.4, -0.2) is 29.8 Å². The zero-order chi connectivity index (χ0) is 27.6. The maximum Gasteiger partial charge on any atom is 0.433 e. The number of alkyl halides is 5. The molecule has 1 fully saturated rings. The van der Waals surface area contributed by atoms with Gasteiger partial charge in [0, 0.05) is 46.5 Å². The van der Waals surface area contributed by atoms with E-state index in [9.17, 15) is 21.6 Å². The van der Waals surface area contributed by atoms with Crippen LogP contribution >= 0.6 is 0 Å². The molecular weight excluding hydrogens is 520 g/mol. The van der Waals surface area contributed by atoms with Crippen molar-refractivity contribution in [2.24, 2.45) is 5.41 Å². The number of fused-ring (bicyclic) bond motifs is 1. The molecule has 0 aliphatic heterocycles. The van der Waals surface area contributed by atoms with Crippen LogP contribution in [0, 0.1) is 18.2 Å². The Bertz CT molecular complexity index is 1450. The Morgan fingerprint density at radius 2 is 1.76 bits per heavy atom. The number of halogens is 6. The highest BCUT2D eigenvalue weighted by Gasteiger charge is 2.42. The molecule has 0 saturated heterocycles. The lowest BCUT2D eigenvalue weighted by atomic mass is 9.95. The second-order valence-corrected chi connectivity index (χ2v) is 12.7. The number of pyridine rings is 1. The van der Waals surface area contributed by atoms with Crippen molar-refractivity contribution in [2.45, 2.75) is 64.4 Å². The summed E-state index contributed by atoms with van der Waals surface area (Å²) >= 11 is 0. The molecule has 5 nitrogen and oxygen atoms in total. The van der Waals surface area contributed by atoms with Gasteiger partial charge in [-0.2, -0.15) is 22.0 Å². The van der Waals surface area contributed by atoms with Crippen LogP contribution in [0.4, 0.5) is 26.3 Å². The molecule has 1 saturated carbocycles. The van der Waals surface area contributed by atoms with Crippen molar-refractivity contribution in [3.05, 3.63) is 53.2 Å². The van der Waals surface area contributed by atoms with Crippen LogP contribution in [0.15, 0.2) is 30.6 Å². The van der Waals surface area contributed by atoms with Crippen LogP contribution in [0.1, 0.15) is 50.4 Å². The smallest absolute Gasteiger partial charge is 0.346 e. The lowest BCUT2D eigenvalue weighted by Crippen LogP contribution is -2.36. The molecule has 0 bridgehead atoms. The maximum absolute atomic E-state index is 15.4. The molecule has 0 unspecified atom stereocenters. The second kappa shape index (κ2) is 9.00. The Hall–Kier alpha value is -2.60. The highest BCUT2D eigenvalue weighted by molar-refractivity contribution is 7.90. The van der Waals surface area contributed by atoms with E-state index in [4.69, 9.17) is 0 Å². The summed E-state index contributed by atoms with van der Waals surface area (Å²) < 4.78 is 115. The molecule has 0 atom stereocenters. The van der Waals surface area contributed by atoms with Crippen LogP contribution in [-0.2, 0) is 28.7 Å². The SMILES string of the molecule is Cc1ccnc(C(F)(F)F)c1-c1cc2c(cc1F)c(C(F)(F)CNS(=O)(=O)C1CC1)cn2CC(C)(C)C. The number of nitrogens with one attached hydrogen (secondary N) is 1. The number of sulfonamides is 1. The molecule has 3 aromatic rings. The van der Waals surface area contributed by atoms with Crippen molar-refractivity contribution in [3.8, 4) is 11.1 Å². The van der Waals surface area contributed by atoms with Gasteiger partial charge in [-0.3, -0.25) is 4.98 Å². The maximum atomic E-state index is 15.4. The van der Waals surface area contributed by atoms with Gasteiger partial charge in [-0.1, -0.05) is 20.8 Å². The topological polar surface area (TPSA) is 64.0 Å². The molecular formula is C25H27F6N3O2S. The van der Waals surface area contributed by atoms with Gasteiger partial charge in [0.1, 0.15) is 5.82 Å². The third-order valence-electron chi connectivity index (χ3n) is 6.16. The summed E-state index contributed by atoms with van der Waals surface area (Å²) in [6.07, 6.45) is -1.99. The van der Waals surface area contributed by atoms with Crippen LogP contribution in [0.5, 0.6) is 0 Å². The Kier molecular flexibility index (Phi) is 6.68. The largest absolute Gasteiger partial charge is 0.433 e. The zero-order valence-electron chi connectivity index (χ0n) is 20.7. The molecule has 12 heteroatoms. The van der Waals surface area contributed by atoms with Crippen molar-refractivity contribution < 1.29 is 34.8 Å². The summed E-state index contributed by atoms with van der Waals surface area (Å²) in [5, 5.41) is -0.910. The average molecular weight is 548 g/mol. The third-order valence-corrected chi connectivity index (χ3v) is 8.06. The van der Waals surface area contributed by atoms with E-state index in [1.165, 1.54) is 17.6 Å². The Labute approximate surface area is 210 Å². The molecule has 1 N–H and O–H groups in total. The molecule has 2 heterocycles. The predicted octanol–water partition coefficient (Wildman–Crippen LogP) is 6.39. The van der Waals surface area contributed by atoms with E-state index in [1.54, 1.807) is 0 Å². The summed E-state index contributed by atoms with van der Waals surface area (Å²) in [5.74, 6) is -4.84. The molecule has 37 heavy (non-hydrogen) atoms. The van der Waals surface area contributed by atoms with E-state index in [-0.39, 0.29) is 23.0 Å². The Balaban J connectivity index is 1.90. The van der Waals surface area contributed by atoms with Crippen molar-refractivity contribution in [1.82, 2.24) is 14.3 Å². The molecule has 202 valence electrons. The Morgan fingerprint density at radius 3 is 2.32 bits per heavy atom. The minimum absolute atomic E-state index is 0.0995. The minimum atomic E-state index is -4.87. The molecule has 1 aliphatic rings. The fraction of sp³-hybridized carbons (Fsp3) is 0.480. The first kappa shape index (κ1) is 27.4. The zero-order valence-corrected chi connectivity index (χ0v) is 21.5. The fourth-order valence-electron chi connectivity index (χ4n) is 4.33. The summed E-state index contributed by atoms with van der Waals surface area (Å²) in [6.45, 7) is 5.89. The molecule has 0 spiro atoms. The Morgan fingerprint density at radius 1 is 1.11 bits per heavy atom. The number of nitrogens with zero attached hydrogens (tertiary/aromatic N) is 2.